The Hall–Kier alpha value is -1.09. The lowest BCUT2D eigenvalue weighted by molar-refractivity contribution is 0.0879. The predicted octanol–water partition coefficient (Wildman–Crippen LogP) is 2.76. The Morgan fingerprint density at radius 3 is 2.69 bits per heavy atom. The first-order valence-corrected chi connectivity index (χ1v) is 5.96. The molecule has 88 valence electrons. The van der Waals surface area contributed by atoms with Gasteiger partial charge in [-0.25, -0.2) is 0 Å². The summed E-state index contributed by atoms with van der Waals surface area (Å²) in [6.07, 6.45) is 4.71. The standard InChI is InChI=1S/C13H19NO2/c1-10(2)13-6-5-12(9-14-13)16-8-7-15-11-3-4-11/h5-6,9-11H,3-4,7-8H2,1-2H3. The number of pyridine rings is 1. The summed E-state index contributed by atoms with van der Waals surface area (Å²) in [5, 5.41) is 0. The molecule has 3 nitrogen and oxygen atoms in total. The van der Waals surface area contributed by atoms with Crippen molar-refractivity contribution in [3.8, 4) is 5.75 Å². The average molecular weight is 221 g/mol. The molecule has 0 amide bonds. The van der Waals surface area contributed by atoms with Crippen LogP contribution in [0.2, 0.25) is 0 Å². The van der Waals surface area contributed by atoms with E-state index in [-0.39, 0.29) is 0 Å². The zero-order valence-corrected chi connectivity index (χ0v) is 9.98. The summed E-state index contributed by atoms with van der Waals surface area (Å²) in [5.41, 5.74) is 1.10. The maximum atomic E-state index is 5.53. The summed E-state index contributed by atoms with van der Waals surface area (Å²) < 4.78 is 11.0. The second kappa shape index (κ2) is 5.30. The van der Waals surface area contributed by atoms with Gasteiger partial charge in [0.05, 0.1) is 18.9 Å². The van der Waals surface area contributed by atoms with Crippen molar-refractivity contribution in [2.24, 2.45) is 0 Å². The minimum Gasteiger partial charge on any atom is -0.490 e. The molecule has 0 unspecified atom stereocenters. The van der Waals surface area contributed by atoms with Gasteiger partial charge in [0.25, 0.3) is 0 Å². The van der Waals surface area contributed by atoms with Gasteiger partial charge in [-0.15, -0.1) is 0 Å². The molecule has 1 heterocycles. The Bertz CT molecular complexity index is 317. The van der Waals surface area contributed by atoms with E-state index >= 15 is 0 Å². The van der Waals surface area contributed by atoms with Crippen molar-refractivity contribution in [2.75, 3.05) is 13.2 Å². The van der Waals surface area contributed by atoms with Crippen molar-refractivity contribution in [1.82, 2.24) is 4.98 Å². The lowest BCUT2D eigenvalue weighted by Crippen LogP contribution is -2.07. The zero-order chi connectivity index (χ0) is 11.4. The summed E-state index contributed by atoms with van der Waals surface area (Å²) in [7, 11) is 0. The summed E-state index contributed by atoms with van der Waals surface area (Å²) in [4.78, 5) is 4.34. The first kappa shape index (κ1) is 11.4. The van der Waals surface area contributed by atoms with Crippen LogP contribution in [0.1, 0.15) is 38.3 Å². The van der Waals surface area contributed by atoms with Crippen LogP contribution in [-0.2, 0) is 4.74 Å². The first-order valence-electron chi connectivity index (χ1n) is 5.96. The van der Waals surface area contributed by atoms with Crippen molar-refractivity contribution in [3.05, 3.63) is 24.0 Å². The number of ether oxygens (including phenoxy) is 2. The first-order chi connectivity index (χ1) is 7.75. The van der Waals surface area contributed by atoms with E-state index in [4.69, 9.17) is 9.47 Å². The van der Waals surface area contributed by atoms with Crippen LogP contribution in [-0.4, -0.2) is 24.3 Å². The number of nitrogens with zero attached hydrogens (tertiary/aromatic N) is 1. The Balaban J connectivity index is 1.71. The molecule has 16 heavy (non-hydrogen) atoms. The highest BCUT2D eigenvalue weighted by Gasteiger charge is 2.21. The summed E-state index contributed by atoms with van der Waals surface area (Å²) in [6, 6.07) is 3.99. The van der Waals surface area contributed by atoms with Crippen LogP contribution in [0.15, 0.2) is 18.3 Å². The van der Waals surface area contributed by atoms with E-state index < -0.39 is 0 Å². The van der Waals surface area contributed by atoms with Crippen LogP contribution in [0.3, 0.4) is 0 Å². The molecule has 0 saturated heterocycles. The highest BCUT2D eigenvalue weighted by atomic mass is 16.5. The smallest absolute Gasteiger partial charge is 0.137 e. The molecule has 0 spiro atoms. The maximum Gasteiger partial charge on any atom is 0.137 e. The second-order valence-corrected chi connectivity index (χ2v) is 4.49. The topological polar surface area (TPSA) is 31.4 Å². The fourth-order valence-corrected chi connectivity index (χ4v) is 1.43. The lowest BCUT2D eigenvalue weighted by Gasteiger charge is -2.08. The molecule has 0 atom stereocenters. The quantitative estimate of drug-likeness (QED) is 0.692. The van der Waals surface area contributed by atoms with Crippen molar-refractivity contribution < 1.29 is 9.47 Å². The van der Waals surface area contributed by atoms with Crippen LogP contribution in [0.4, 0.5) is 0 Å². The number of aromatic nitrogens is 1. The molecule has 3 heteroatoms. The van der Waals surface area contributed by atoms with Crippen LogP contribution >= 0.6 is 0 Å². The van der Waals surface area contributed by atoms with Gasteiger partial charge in [-0.3, -0.25) is 4.98 Å². The molecule has 0 aromatic carbocycles. The molecule has 1 saturated carbocycles. The Morgan fingerprint density at radius 1 is 1.31 bits per heavy atom. The third kappa shape index (κ3) is 3.49. The Kier molecular flexibility index (Phi) is 3.78. The van der Waals surface area contributed by atoms with Gasteiger partial charge in [0.1, 0.15) is 12.4 Å². The molecule has 2 rings (SSSR count). The van der Waals surface area contributed by atoms with Gasteiger partial charge in [-0.1, -0.05) is 13.8 Å². The van der Waals surface area contributed by atoms with Crippen molar-refractivity contribution >= 4 is 0 Å². The van der Waals surface area contributed by atoms with Gasteiger partial charge in [0.2, 0.25) is 0 Å². The SMILES string of the molecule is CC(C)c1ccc(OCCOC2CC2)cn1. The Morgan fingerprint density at radius 2 is 2.12 bits per heavy atom. The van der Waals surface area contributed by atoms with Crippen LogP contribution in [0.25, 0.3) is 0 Å². The highest BCUT2D eigenvalue weighted by molar-refractivity contribution is 5.21. The third-order valence-corrected chi connectivity index (χ3v) is 2.58. The van der Waals surface area contributed by atoms with E-state index in [1.54, 1.807) is 6.20 Å². The van der Waals surface area contributed by atoms with Crippen molar-refractivity contribution in [2.45, 2.75) is 38.7 Å². The molecule has 1 aromatic rings. The average Bonchev–Trinajstić information content (AvgIpc) is 3.09. The van der Waals surface area contributed by atoms with Gasteiger partial charge >= 0.3 is 0 Å². The van der Waals surface area contributed by atoms with Gasteiger partial charge < -0.3 is 9.47 Å². The summed E-state index contributed by atoms with van der Waals surface area (Å²) >= 11 is 0. The van der Waals surface area contributed by atoms with Gasteiger partial charge in [-0.2, -0.15) is 0 Å². The number of hydrogen-bond acceptors (Lipinski definition) is 3. The second-order valence-electron chi connectivity index (χ2n) is 4.49. The predicted molar refractivity (Wildman–Crippen MR) is 62.8 cm³/mol. The number of hydrogen-bond donors (Lipinski definition) is 0. The van der Waals surface area contributed by atoms with E-state index in [1.165, 1.54) is 12.8 Å². The molecule has 1 aliphatic carbocycles. The molecule has 0 radical (unpaired) electrons. The largest absolute Gasteiger partial charge is 0.490 e. The molecule has 1 aliphatic rings. The molecule has 0 N–H and O–H groups in total. The monoisotopic (exact) mass is 221 g/mol. The van der Waals surface area contributed by atoms with Crippen molar-refractivity contribution in [1.29, 1.82) is 0 Å². The van der Waals surface area contributed by atoms with Gasteiger partial charge in [-0.05, 0) is 30.9 Å². The highest BCUT2D eigenvalue weighted by Crippen LogP contribution is 2.23. The molecule has 0 bridgehead atoms. The maximum absolute atomic E-state index is 5.53. The summed E-state index contributed by atoms with van der Waals surface area (Å²) in [6.45, 7) is 5.55. The van der Waals surface area contributed by atoms with Crippen molar-refractivity contribution in [3.63, 3.8) is 0 Å². The van der Waals surface area contributed by atoms with E-state index in [2.05, 4.69) is 18.8 Å². The lowest BCUT2D eigenvalue weighted by atomic mass is 10.1. The number of rotatable bonds is 6. The molecular weight excluding hydrogens is 202 g/mol. The van der Waals surface area contributed by atoms with Gasteiger partial charge in [0, 0.05) is 5.69 Å². The van der Waals surface area contributed by atoms with E-state index in [9.17, 15) is 0 Å². The third-order valence-electron chi connectivity index (χ3n) is 2.58. The minimum atomic E-state index is 0.465. The van der Waals surface area contributed by atoms with E-state index in [1.807, 2.05) is 12.1 Å². The fraction of sp³-hybridized carbons (Fsp3) is 0.615. The molecule has 1 fully saturated rings. The molecule has 1 aromatic heterocycles. The van der Waals surface area contributed by atoms with Crippen LogP contribution < -0.4 is 4.74 Å². The summed E-state index contributed by atoms with van der Waals surface area (Å²) in [5.74, 6) is 1.29. The molecular formula is C13H19NO2. The van der Waals surface area contributed by atoms with Gasteiger partial charge in [0.15, 0.2) is 0 Å². The zero-order valence-electron chi connectivity index (χ0n) is 9.98. The van der Waals surface area contributed by atoms with Crippen LogP contribution in [0.5, 0.6) is 5.75 Å². The van der Waals surface area contributed by atoms with E-state index in [0.29, 0.717) is 25.2 Å². The normalized spacial score (nSPS) is 15.4. The van der Waals surface area contributed by atoms with E-state index in [0.717, 1.165) is 11.4 Å². The molecule has 0 aliphatic heterocycles. The fourth-order valence-electron chi connectivity index (χ4n) is 1.43. The van der Waals surface area contributed by atoms with Crippen LogP contribution in [0, 0.1) is 0 Å². The Labute approximate surface area is 96.8 Å². The minimum absolute atomic E-state index is 0.465.